The lowest BCUT2D eigenvalue weighted by atomic mass is 9.91. The Hall–Kier alpha value is -2.61. The lowest BCUT2D eigenvalue weighted by Gasteiger charge is -2.13. The topological polar surface area (TPSA) is 37.3 Å². The maximum Gasteiger partial charge on any atom is 0.310 e. The Morgan fingerprint density at radius 1 is 0.857 bits per heavy atom. The van der Waals surface area contributed by atoms with E-state index in [1.807, 2.05) is 42.5 Å². The molecule has 2 heteroatoms. The van der Waals surface area contributed by atoms with Crippen LogP contribution in [0.3, 0.4) is 0 Å². The maximum atomic E-state index is 11.3. The van der Waals surface area contributed by atoms with Crippen molar-refractivity contribution in [2.45, 2.75) is 12.8 Å². The van der Waals surface area contributed by atoms with Crippen LogP contribution in [-0.2, 0) is 4.79 Å². The van der Waals surface area contributed by atoms with E-state index < -0.39 is 11.9 Å². The summed E-state index contributed by atoms with van der Waals surface area (Å²) >= 11 is 0. The number of hydrogen-bond acceptors (Lipinski definition) is 1. The van der Waals surface area contributed by atoms with Gasteiger partial charge in [0.15, 0.2) is 0 Å². The lowest BCUT2D eigenvalue weighted by molar-refractivity contribution is -0.138. The van der Waals surface area contributed by atoms with Gasteiger partial charge in [-0.15, -0.1) is 0 Å². The van der Waals surface area contributed by atoms with Gasteiger partial charge >= 0.3 is 5.97 Å². The zero-order chi connectivity index (χ0) is 14.8. The van der Waals surface area contributed by atoms with Crippen LogP contribution in [0.1, 0.15) is 18.4 Å². The smallest absolute Gasteiger partial charge is 0.310 e. The largest absolute Gasteiger partial charge is 0.481 e. The minimum atomic E-state index is -0.799. The Balaban J connectivity index is 2.26. The van der Waals surface area contributed by atoms with Gasteiger partial charge < -0.3 is 5.11 Å². The molecule has 3 rings (SSSR count). The van der Waals surface area contributed by atoms with Gasteiger partial charge in [0, 0.05) is 0 Å². The van der Waals surface area contributed by atoms with E-state index in [9.17, 15) is 9.90 Å². The fourth-order valence-corrected chi connectivity index (χ4v) is 2.71. The van der Waals surface area contributed by atoms with Crippen LogP contribution in [0, 0.1) is 0 Å². The Bertz CT molecular complexity index is 791. The summed E-state index contributed by atoms with van der Waals surface area (Å²) in [6.45, 7) is 1.73. The van der Waals surface area contributed by atoms with Crippen molar-refractivity contribution in [2.75, 3.05) is 0 Å². The van der Waals surface area contributed by atoms with E-state index in [2.05, 4.69) is 24.3 Å². The standard InChI is InChI=1S/C19H16O2/c1-13(19(20)21)15-9-5-12-18-16(10-6-11-17(15)18)14-7-3-2-4-8-14/h2-13H,1H3,(H,20,21)/t13-/m0/s1. The van der Waals surface area contributed by atoms with Gasteiger partial charge in [-0.1, -0.05) is 66.7 Å². The Kier molecular flexibility index (Phi) is 3.44. The molecule has 1 N–H and O–H groups in total. The van der Waals surface area contributed by atoms with Gasteiger partial charge in [0.05, 0.1) is 5.92 Å². The summed E-state index contributed by atoms with van der Waals surface area (Å²) in [6, 6.07) is 22.1. The minimum absolute atomic E-state index is 0.514. The molecule has 3 aromatic rings. The lowest BCUT2D eigenvalue weighted by Crippen LogP contribution is -2.07. The molecule has 0 fully saturated rings. The molecule has 0 aliphatic heterocycles. The van der Waals surface area contributed by atoms with Gasteiger partial charge in [-0.25, -0.2) is 0 Å². The SMILES string of the molecule is C[C@H](C(=O)O)c1cccc2c(-c3ccccc3)cccc12. The van der Waals surface area contributed by atoms with Crippen molar-refractivity contribution < 1.29 is 9.90 Å². The van der Waals surface area contributed by atoms with Crippen LogP contribution in [0.15, 0.2) is 66.7 Å². The fraction of sp³-hybridized carbons (Fsp3) is 0.105. The zero-order valence-electron chi connectivity index (χ0n) is 11.8. The van der Waals surface area contributed by atoms with Crippen molar-refractivity contribution in [3.63, 3.8) is 0 Å². The average Bonchev–Trinajstić information content (AvgIpc) is 2.53. The van der Waals surface area contributed by atoms with E-state index in [1.54, 1.807) is 6.92 Å². The monoisotopic (exact) mass is 276 g/mol. The molecule has 0 aliphatic rings. The summed E-state index contributed by atoms with van der Waals surface area (Å²) < 4.78 is 0. The second kappa shape index (κ2) is 5.41. The Labute approximate surface area is 123 Å². The molecule has 0 aliphatic carbocycles. The predicted molar refractivity (Wildman–Crippen MR) is 85.4 cm³/mol. The third-order valence-corrected chi connectivity index (χ3v) is 3.88. The molecular formula is C19H16O2. The number of rotatable bonds is 3. The summed E-state index contributed by atoms with van der Waals surface area (Å²) in [5, 5.41) is 11.4. The third-order valence-electron chi connectivity index (χ3n) is 3.88. The van der Waals surface area contributed by atoms with Gasteiger partial charge in [0.1, 0.15) is 0 Å². The first-order valence-corrected chi connectivity index (χ1v) is 6.98. The van der Waals surface area contributed by atoms with Crippen LogP contribution in [0.4, 0.5) is 0 Å². The molecule has 21 heavy (non-hydrogen) atoms. The van der Waals surface area contributed by atoms with E-state index in [1.165, 1.54) is 0 Å². The number of aliphatic carboxylic acids is 1. The van der Waals surface area contributed by atoms with Crippen molar-refractivity contribution in [1.82, 2.24) is 0 Å². The molecule has 0 heterocycles. The number of carbonyl (C=O) groups is 1. The first-order valence-electron chi connectivity index (χ1n) is 6.98. The number of hydrogen-bond donors (Lipinski definition) is 1. The van der Waals surface area contributed by atoms with Gasteiger partial charge in [-0.3, -0.25) is 4.79 Å². The molecule has 3 aromatic carbocycles. The molecule has 0 saturated carbocycles. The number of carboxylic acid groups (broad SMARTS) is 1. The molecular weight excluding hydrogens is 260 g/mol. The second-order valence-electron chi connectivity index (χ2n) is 5.17. The van der Waals surface area contributed by atoms with Gasteiger partial charge in [0.25, 0.3) is 0 Å². The molecule has 0 spiro atoms. The van der Waals surface area contributed by atoms with Crippen LogP contribution < -0.4 is 0 Å². The molecule has 1 atom stereocenters. The van der Waals surface area contributed by atoms with Crippen molar-refractivity contribution >= 4 is 16.7 Å². The highest BCUT2D eigenvalue weighted by atomic mass is 16.4. The number of carboxylic acids is 1. The first kappa shape index (κ1) is 13.4. The van der Waals surface area contributed by atoms with Crippen molar-refractivity contribution in [2.24, 2.45) is 0 Å². The summed E-state index contributed by atoms with van der Waals surface area (Å²) in [7, 11) is 0. The van der Waals surface area contributed by atoms with Crippen LogP contribution >= 0.6 is 0 Å². The van der Waals surface area contributed by atoms with Crippen LogP contribution in [0.5, 0.6) is 0 Å². The summed E-state index contributed by atoms with van der Waals surface area (Å²) in [4.78, 5) is 11.3. The van der Waals surface area contributed by atoms with Crippen LogP contribution in [-0.4, -0.2) is 11.1 Å². The molecule has 0 radical (unpaired) electrons. The summed E-state index contributed by atoms with van der Waals surface area (Å²) in [5.74, 6) is -1.31. The van der Waals surface area contributed by atoms with Gasteiger partial charge in [-0.2, -0.15) is 0 Å². The predicted octanol–water partition coefficient (Wildman–Crippen LogP) is 4.69. The van der Waals surface area contributed by atoms with E-state index in [0.29, 0.717) is 0 Å². The quantitative estimate of drug-likeness (QED) is 0.753. The molecule has 2 nitrogen and oxygen atoms in total. The van der Waals surface area contributed by atoms with E-state index >= 15 is 0 Å². The normalized spacial score (nSPS) is 12.2. The average molecular weight is 276 g/mol. The number of fused-ring (bicyclic) bond motifs is 1. The van der Waals surface area contributed by atoms with E-state index in [4.69, 9.17) is 0 Å². The fourth-order valence-electron chi connectivity index (χ4n) is 2.71. The molecule has 0 amide bonds. The second-order valence-corrected chi connectivity index (χ2v) is 5.17. The highest BCUT2D eigenvalue weighted by Gasteiger charge is 2.17. The minimum Gasteiger partial charge on any atom is -0.481 e. The van der Waals surface area contributed by atoms with Crippen molar-refractivity contribution in [3.8, 4) is 11.1 Å². The molecule has 0 bridgehead atoms. The number of benzene rings is 3. The van der Waals surface area contributed by atoms with Crippen LogP contribution in [0.2, 0.25) is 0 Å². The zero-order valence-corrected chi connectivity index (χ0v) is 11.8. The Morgan fingerprint density at radius 2 is 1.52 bits per heavy atom. The van der Waals surface area contributed by atoms with E-state index in [0.717, 1.165) is 27.5 Å². The van der Waals surface area contributed by atoms with E-state index in [-0.39, 0.29) is 0 Å². The van der Waals surface area contributed by atoms with Crippen molar-refractivity contribution in [1.29, 1.82) is 0 Å². The first-order chi connectivity index (χ1) is 10.2. The summed E-state index contributed by atoms with van der Waals surface area (Å²) in [6.07, 6.45) is 0. The maximum absolute atomic E-state index is 11.3. The van der Waals surface area contributed by atoms with Gasteiger partial charge in [0.2, 0.25) is 0 Å². The third kappa shape index (κ3) is 2.40. The van der Waals surface area contributed by atoms with Crippen LogP contribution in [0.25, 0.3) is 21.9 Å². The highest BCUT2D eigenvalue weighted by Crippen LogP contribution is 2.32. The molecule has 0 saturated heterocycles. The molecule has 104 valence electrons. The van der Waals surface area contributed by atoms with Crippen molar-refractivity contribution in [3.05, 3.63) is 72.3 Å². The summed E-state index contributed by atoms with van der Waals surface area (Å²) in [5.41, 5.74) is 3.13. The molecule has 0 aromatic heterocycles. The highest BCUT2D eigenvalue weighted by molar-refractivity contribution is 6.00. The Morgan fingerprint density at radius 3 is 2.24 bits per heavy atom. The van der Waals surface area contributed by atoms with Gasteiger partial charge in [-0.05, 0) is 34.4 Å². The molecule has 0 unspecified atom stereocenters.